The number of benzene rings is 8. The minimum Gasteiger partial charge on any atom is -0.497 e. The number of fused-ring (bicyclic) bond motifs is 2. The highest BCUT2D eigenvalue weighted by molar-refractivity contribution is 8.01. The molecule has 2 amide bonds. The first-order valence-electron chi connectivity index (χ1n) is 27.2. The molecule has 10 aromatic rings. The fraction of sp³-hybridized carbons (Fsp3) is 0.118. The second-order valence-corrected chi connectivity index (χ2v) is 24.7. The number of hydrogen-bond acceptors (Lipinski definition) is 14. The Morgan fingerprint density at radius 3 is 1.75 bits per heavy atom. The SMILES string of the molecule is COc1ccc(COC(=O)C2=C(CSc3cc(=O)c4ccccc4s3)CS(=O)[C@H]3C(NC(=O)/C(=N\OC(c4ccccc4)(c4ccccc4)c4ccccc4)c4csc(NC(c5ccccc5)(c5ccccc5)c5ccccc5)n4)C(=O)N23)cc1. The largest absolute Gasteiger partial charge is 0.497 e. The zero-order valence-electron chi connectivity index (χ0n) is 45.6. The standard InChI is InChI=1S/C68H53N5O8S4/c1-79-53-38-36-45(37-39-53)41-80-65(77)61-46(42-82-58-40-56(74)54-34-20-21-35-57(54)84-58)44-85(78)64-60(63(76)73(61)64)70-62(75)59(72-81-68(50-28-14-5-15-29-50,51-30-16-6-17-31-51)52-32-18-7-19-33-52)55-43-83-66(69-55)71-67(47-22-8-2-9-23-47,48-24-10-3-11-25-48)49-26-12-4-13-27-49/h2-40,43,60,64H,41-42,44H2,1H3,(H,69,71)(H,70,75)/b72-59-/t60?,64-,85?/m0/s1. The Balaban J connectivity index is 0.929. The van der Waals surface area contributed by atoms with Crippen molar-refractivity contribution in [2.45, 2.75) is 33.4 Å². The van der Waals surface area contributed by atoms with Crippen molar-refractivity contribution in [3.05, 3.63) is 308 Å². The van der Waals surface area contributed by atoms with E-state index in [4.69, 9.17) is 24.5 Å². The average Bonchev–Trinajstić information content (AvgIpc) is 1.25. The van der Waals surface area contributed by atoms with Crippen LogP contribution in [0.4, 0.5) is 5.13 Å². The number of ether oxygens (including phenoxy) is 2. The molecule has 2 aromatic heterocycles. The van der Waals surface area contributed by atoms with Gasteiger partial charge in [-0.3, -0.25) is 23.5 Å². The Morgan fingerprint density at radius 2 is 1.21 bits per heavy atom. The van der Waals surface area contributed by atoms with E-state index in [-0.39, 0.29) is 40.6 Å². The Bertz CT molecular complexity index is 4000. The maximum Gasteiger partial charge on any atom is 0.355 e. The fourth-order valence-corrected chi connectivity index (χ4v) is 15.6. The van der Waals surface area contributed by atoms with E-state index in [9.17, 15) is 18.6 Å². The Morgan fingerprint density at radius 1 is 0.694 bits per heavy atom. The van der Waals surface area contributed by atoms with Crippen molar-refractivity contribution >= 4 is 83.9 Å². The molecule has 2 unspecified atom stereocenters. The van der Waals surface area contributed by atoms with Gasteiger partial charge in [0.15, 0.2) is 16.3 Å². The number of carbonyl (C=O) groups excluding carboxylic acids is 3. The van der Waals surface area contributed by atoms with Crippen LogP contribution in [0.15, 0.2) is 267 Å². The first kappa shape index (κ1) is 56.2. The molecule has 0 spiro atoms. The quantitative estimate of drug-likeness (QED) is 0.0186. The summed E-state index contributed by atoms with van der Waals surface area (Å²) in [6, 6.07) is 73.3. The molecule has 0 bridgehead atoms. The third kappa shape index (κ3) is 11.2. The van der Waals surface area contributed by atoms with Crippen LogP contribution >= 0.6 is 34.4 Å². The number of rotatable bonds is 20. The van der Waals surface area contributed by atoms with E-state index >= 15 is 4.79 Å². The molecule has 2 aliphatic rings. The van der Waals surface area contributed by atoms with Crippen LogP contribution in [-0.2, 0) is 52.5 Å². The molecule has 2 aliphatic heterocycles. The number of oxime groups is 1. The van der Waals surface area contributed by atoms with Gasteiger partial charge in [-0.15, -0.1) is 34.4 Å². The summed E-state index contributed by atoms with van der Waals surface area (Å²) in [6.45, 7) is -0.140. The maximum atomic E-state index is 15.5. The summed E-state index contributed by atoms with van der Waals surface area (Å²) in [7, 11) is -0.304. The van der Waals surface area contributed by atoms with Crippen molar-refractivity contribution in [2.75, 3.05) is 23.9 Å². The first-order valence-corrected chi connectivity index (χ1v) is 31.2. The predicted molar refractivity (Wildman–Crippen MR) is 336 cm³/mol. The molecule has 2 N–H and O–H groups in total. The molecule has 13 nitrogen and oxygen atoms in total. The molecule has 0 saturated carbocycles. The molecular weight excluding hydrogens is 1140 g/mol. The molecule has 1 fully saturated rings. The number of thiazole rings is 1. The monoisotopic (exact) mass is 1200 g/mol. The summed E-state index contributed by atoms with van der Waals surface area (Å²) in [5, 5.41) is 13.1. The van der Waals surface area contributed by atoms with Crippen LogP contribution in [0.25, 0.3) is 10.1 Å². The molecule has 4 heterocycles. The smallest absolute Gasteiger partial charge is 0.355 e. The van der Waals surface area contributed by atoms with Gasteiger partial charge in [0.2, 0.25) is 5.60 Å². The van der Waals surface area contributed by atoms with Crippen LogP contribution < -0.4 is 20.8 Å². The van der Waals surface area contributed by atoms with Crippen molar-refractivity contribution in [3.8, 4) is 5.75 Å². The van der Waals surface area contributed by atoms with Gasteiger partial charge in [0.1, 0.15) is 40.7 Å². The predicted octanol–water partition coefficient (Wildman–Crippen LogP) is 12.0. The highest BCUT2D eigenvalue weighted by Crippen LogP contribution is 2.44. The lowest BCUT2D eigenvalue weighted by Gasteiger charge is -2.49. The molecule has 422 valence electrons. The van der Waals surface area contributed by atoms with Gasteiger partial charge in [-0.05, 0) is 52.1 Å². The molecule has 17 heteroatoms. The molecular formula is C68H53N5O8S4. The number of esters is 1. The van der Waals surface area contributed by atoms with E-state index in [2.05, 4.69) is 47.0 Å². The lowest BCUT2D eigenvalue weighted by Crippen LogP contribution is -2.74. The lowest BCUT2D eigenvalue weighted by molar-refractivity contribution is -0.153. The van der Waals surface area contributed by atoms with Crippen molar-refractivity contribution in [1.29, 1.82) is 0 Å². The Labute approximate surface area is 505 Å². The Hall–Kier alpha value is -9.26. The van der Waals surface area contributed by atoms with Gasteiger partial charge in [-0.1, -0.05) is 211 Å². The van der Waals surface area contributed by atoms with Crippen LogP contribution in [-0.4, -0.2) is 67.6 Å². The van der Waals surface area contributed by atoms with Gasteiger partial charge in [0, 0.05) is 44.0 Å². The van der Waals surface area contributed by atoms with Crippen LogP contribution in [0.1, 0.15) is 44.6 Å². The topological polar surface area (TPSA) is 166 Å². The first-order chi connectivity index (χ1) is 41.6. The molecule has 0 radical (unpaired) electrons. The zero-order valence-corrected chi connectivity index (χ0v) is 48.9. The van der Waals surface area contributed by atoms with Crippen LogP contribution in [0.2, 0.25) is 0 Å². The highest BCUT2D eigenvalue weighted by atomic mass is 32.2. The van der Waals surface area contributed by atoms with E-state index in [1.165, 1.54) is 39.3 Å². The molecule has 12 rings (SSSR count). The number of aromatic nitrogens is 1. The van der Waals surface area contributed by atoms with Crippen molar-refractivity contribution < 1.29 is 32.9 Å². The third-order valence-electron chi connectivity index (χ3n) is 14.9. The van der Waals surface area contributed by atoms with Crippen LogP contribution in [0.5, 0.6) is 5.75 Å². The molecule has 0 aliphatic carbocycles. The van der Waals surface area contributed by atoms with E-state index in [0.717, 1.165) is 21.4 Å². The number of nitrogens with zero attached hydrogens (tertiary/aromatic N) is 3. The van der Waals surface area contributed by atoms with E-state index in [1.807, 2.05) is 164 Å². The van der Waals surface area contributed by atoms with E-state index in [0.29, 0.717) is 48.3 Å². The maximum absolute atomic E-state index is 15.5. The summed E-state index contributed by atoms with van der Waals surface area (Å²) in [5.74, 6) is -1.75. The van der Waals surface area contributed by atoms with Crippen molar-refractivity contribution in [2.24, 2.45) is 5.16 Å². The summed E-state index contributed by atoms with van der Waals surface area (Å²) >= 11 is 3.97. The second-order valence-electron chi connectivity index (χ2n) is 20.0. The number of amides is 2. The summed E-state index contributed by atoms with van der Waals surface area (Å²) < 4.78 is 27.4. The van der Waals surface area contributed by atoms with Crippen LogP contribution in [0, 0.1) is 0 Å². The van der Waals surface area contributed by atoms with E-state index < -0.39 is 51.1 Å². The van der Waals surface area contributed by atoms with Crippen molar-refractivity contribution in [3.63, 3.8) is 0 Å². The summed E-state index contributed by atoms with van der Waals surface area (Å²) in [5.41, 5.74) is 3.14. The Kier molecular flexibility index (Phi) is 16.5. The van der Waals surface area contributed by atoms with Gasteiger partial charge >= 0.3 is 5.97 Å². The minimum absolute atomic E-state index is 0.0706. The number of hydrogen-bond donors (Lipinski definition) is 2. The molecule has 1 saturated heterocycles. The van der Waals surface area contributed by atoms with Gasteiger partial charge in [0.25, 0.3) is 11.8 Å². The second kappa shape index (κ2) is 24.9. The molecule has 8 aromatic carbocycles. The highest BCUT2D eigenvalue weighted by Gasteiger charge is 2.58. The molecule has 3 atom stereocenters. The number of nitrogens with one attached hydrogen (secondary N) is 2. The number of β-lactam (4-membered cyclic amide) rings is 1. The number of carbonyl (C=O) groups is 3. The van der Waals surface area contributed by atoms with Crippen molar-refractivity contribution in [1.82, 2.24) is 15.2 Å². The third-order valence-corrected chi connectivity index (χ3v) is 19.7. The number of thioether (sulfide) groups is 1. The zero-order chi connectivity index (χ0) is 58.3. The molecule has 85 heavy (non-hydrogen) atoms. The number of methoxy groups -OCH3 is 1. The van der Waals surface area contributed by atoms with Gasteiger partial charge < -0.3 is 24.9 Å². The minimum atomic E-state index is -1.86. The van der Waals surface area contributed by atoms with Gasteiger partial charge in [-0.25, -0.2) is 9.78 Å². The fourth-order valence-electron chi connectivity index (χ4n) is 10.8. The normalized spacial score (nSPS) is 16.0. The average molecular weight is 1200 g/mol. The van der Waals surface area contributed by atoms with E-state index in [1.54, 1.807) is 48.9 Å². The summed E-state index contributed by atoms with van der Waals surface area (Å²) in [6.07, 6.45) is 0. The summed E-state index contributed by atoms with van der Waals surface area (Å²) in [4.78, 5) is 71.5. The lowest BCUT2D eigenvalue weighted by atomic mass is 9.77. The van der Waals surface area contributed by atoms with Crippen LogP contribution in [0.3, 0.4) is 0 Å². The number of anilines is 1. The van der Waals surface area contributed by atoms with Gasteiger partial charge in [0.05, 0.1) is 27.9 Å². The van der Waals surface area contributed by atoms with Gasteiger partial charge in [-0.2, -0.15) is 0 Å².